The molecule has 7 nitrogen and oxygen atoms in total. The zero-order valence-corrected chi connectivity index (χ0v) is 15.1. The van der Waals surface area contributed by atoms with E-state index in [9.17, 15) is 9.59 Å². The molecule has 138 valence electrons. The van der Waals surface area contributed by atoms with Crippen LogP contribution in [0, 0.1) is 0 Å². The zero-order valence-electron chi connectivity index (χ0n) is 15.1. The van der Waals surface area contributed by atoms with Crippen LogP contribution in [0.25, 0.3) is 0 Å². The maximum atomic E-state index is 12.4. The van der Waals surface area contributed by atoms with Gasteiger partial charge in [0, 0.05) is 44.5 Å². The van der Waals surface area contributed by atoms with E-state index in [4.69, 9.17) is 0 Å². The van der Waals surface area contributed by atoms with Crippen LogP contribution < -0.4 is 10.9 Å². The van der Waals surface area contributed by atoms with Gasteiger partial charge in [-0.3, -0.25) is 19.5 Å². The monoisotopic (exact) mass is 355 g/mol. The van der Waals surface area contributed by atoms with Crippen LogP contribution in [-0.4, -0.2) is 44.7 Å². The van der Waals surface area contributed by atoms with Gasteiger partial charge in [-0.05, 0) is 37.5 Å². The Morgan fingerprint density at radius 2 is 2.04 bits per heavy atom. The maximum absolute atomic E-state index is 12.4. The summed E-state index contributed by atoms with van der Waals surface area (Å²) >= 11 is 0. The van der Waals surface area contributed by atoms with Gasteiger partial charge in [0.05, 0.1) is 5.69 Å². The molecule has 0 bridgehead atoms. The fraction of sp³-hybridized carbons (Fsp3) is 0.474. The van der Waals surface area contributed by atoms with Crippen LogP contribution in [0.2, 0.25) is 0 Å². The van der Waals surface area contributed by atoms with Crippen molar-refractivity contribution in [1.82, 2.24) is 25.0 Å². The number of aromatic nitrogens is 3. The SMILES string of the molecule is CCCn1nc(C(=O)NC2CCN(Cc3ccccn3)CC2)ccc1=O. The van der Waals surface area contributed by atoms with Gasteiger partial charge in [0.25, 0.3) is 11.5 Å². The van der Waals surface area contributed by atoms with Crippen molar-refractivity contribution in [3.8, 4) is 0 Å². The molecule has 1 aliphatic heterocycles. The van der Waals surface area contributed by atoms with Crippen molar-refractivity contribution in [3.05, 3.63) is 58.3 Å². The van der Waals surface area contributed by atoms with Gasteiger partial charge >= 0.3 is 0 Å². The number of hydrogen-bond acceptors (Lipinski definition) is 5. The third-order valence-corrected chi connectivity index (χ3v) is 4.57. The summed E-state index contributed by atoms with van der Waals surface area (Å²) in [5.74, 6) is -0.210. The average molecular weight is 355 g/mol. The molecule has 0 atom stereocenters. The molecule has 1 N–H and O–H groups in total. The van der Waals surface area contributed by atoms with Crippen molar-refractivity contribution in [2.24, 2.45) is 0 Å². The van der Waals surface area contributed by atoms with Crippen LogP contribution in [0.5, 0.6) is 0 Å². The van der Waals surface area contributed by atoms with Crippen molar-refractivity contribution in [2.75, 3.05) is 13.1 Å². The number of amides is 1. The zero-order chi connectivity index (χ0) is 18.4. The number of likely N-dealkylation sites (tertiary alicyclic amines) is 1. The topological polar surface area (TPSA) is 80.1 Å². The van der Waals surface area contributed by atoms with Crippen LogP contribution in [0.1, 0.15) is 42.4 Å². The molecule has 2 aromatic heterocycles. The molecule has 0 spiro atoms. The minimum atomic E-state index is -0.210. The first-order valence-electron chi connectivity index (χ1n) is 9.17. The summed E-state index contributed by atoms with van der Waals surface area (Å²) in [6, 6.07) is 9.00. The van der Waals surface area contributed by atoms with Gasteiger partial charge in [-0.2, -0.15) is 5.10 Å². The fourth-order valence-electron chi connectivity index (χ4n) is 3.16. The van der Waals surface area contributed by atoms with Gasteiger partial charge in [-0.25, -0.2) is 4.68 Å². The molecule has 26 heavy (non-hydrogen) atoms. The van der Waals surface area contributed by atoms with Crippen LogP contribution in [0.4, 0.5) is 0 Å². The Bertz CT molecular complexity index is 782. The van der Waals surface area contributed by atoms with Gasteiger partial charge in [0.2, 0.25) is 0 Å². The lowest BCUT2D eigenvalue weighted by atomic mass is 10.0. The minimum Gasteiger partial charge on any atom is -0.348 e. The molecule has 1 aliphatic rings. The highest BCUT2D eigenvalue weighted by Gasteiger charge is 2.22. The van der Waals surface area contributed by atoms with E-state index < -0.39 is 0 Å². The Hall–Kier alpha value is -2.54. The summed E-state index contributed by atoms with van der Waals surface area (Å²) in [6.45, 7) is 5.17. The van der Waals surface area contributed by atoms with Crippen LogP contribution >= 0.6 is 0 Å². The first-order valence-corrected chi connectivity index (χ1v) is 9.17. The van der Waals surface area contributed by atoms with E-state index in [2.05, 4.69) is 20.3 Å². The van der Waals surface area contributed by atoms with Gasteiger partial charge in [0.15, 0.2) is 0 Å². The van der Waals surface area contributed by atoms with Crippen molar-refractivity contribution in [2.45, 2.75) is 45.3 Å². The average Bonchev–Trinajstić information content (AvgIpc) is 2.66. The summed E-state index contributed by atoms with van der Waals surface area (Å²) < 4.78 is 1.35. The molecule has 3 rings (SSSR count). The van der Waals surface area contributed by atoms with Gasteiger partial charge in [0.1, 0.15) is 5.69 Å². The van der Waals surface area contributed by atoms with E-state index in [1.54, 1.807) is 0 Å². The van der Waals surface area contributed by atoms with Crippen LogP contribution in [-0.2, 0) is 13.1 Å². The van der Waals surface area contributed by atoms with E-state index in [1.807, 2.05) is 31.3 Å². The Morgan fingerprint density at radius 3 is 2.73 bits per heavy atom. The largest absolute Gasteiger partial charge is 0.348 e. The summed E-state index contributed by atoms with van der Waals surface area (Å²) in [7, 11) is 0. The van der Waals surface area contributed by atoms with Gasteiger partial charge in [-0.1, -0.05) is 13.0 Å². The smallest absolute Gasteiger partial charge is 0.271 e. The Morgan fingerprint density at radius 1 is 1.23 bits per heavy atom. The molecule has 3 heterocycles. The highest BCUT2D eigenvalue weighted by atomic mass is 16.2. The molecule has 7 heteroatoms. The van der Waals surface area contributed by atoms with E-state index in [-0.39, 0.29) is 17.5 Å². The summed E-state index contributed by atoms with van der Waals surface area (Å²) in [5.41, 5.74) is 1.19. The standard InChI is InChI=1S/C19H25N5O2/c1-2-11-24-18(25)7-6-17(22-24)19(26)21-15-8-12-23(13-9-15)14-16-5-3-4-10-20-16/h3-7,10,15H,2,8-9,11-14H2,1H3,(H,21,26). The van der Waals surface area contributed by atoms with Crippen molar-refractivity contribution < 1.29 is 4.79 Å². The number of carbonyl (C=O) groups excluding carboxylic acids is 1. The molecule has 0 aromatic carbocycles. The first kappa shape index (κ1) is 18.3. The van der Waals surface area contributed by atoms with E-state index in [0.717, 1.165) is 44.6 Å². The molecule has 1 fully saturated rings. The normalized spacial score (nSPS) is 15.7. The molecule has 0 aliphatic carbocycles. The number of hydrogen-bond donors (Lipinski definition) is 1. The first-order chi connectivity index (χ1) is 12.7. The molecule has 1 saturated heterocycles. The minimum absolute atomic E-state index is 0.135. The molecular formula is C19H25N5O2. The van der Waals surface area contributed by atoms with Crippen molar-refractivity contribution in [1.29, 1.82) is 0 Å². The Labute approximate surface area is 153 Å². The molecular weight excluding hydrogens is 330 g/mol. The summed E-state index contributed by atoms with van der Waals surface area (Å²) in [4.78, 5) is 30.9. The summed E-state index contributed by atoms with van der Waals surface area (Å²) in [5, 5.41) is 7.22. The number of pyridine rings is 1. The predicted octanol–water partition coefficient (Wildman–Crippen LogP) is 1.44. The third-order valence-electron chi connectivity index (χ3n) is 4.57. The van der Waals surface area contributed by atoms with E-state index in [0.29, 0.717) is 12.2 Å². The van der Waals surface area contributed by atoms with Gasteiger partial charge in [-0.15, -0.1) is 0 Å². The van der Waals surface area contributed by atoms with Gasteiger partial charge < -0.3 is 5.32 Å². The molecule has 0 radical (unpaired) electrons. The lowest BCUT2D eigenvalue weighted by Gasteiger charge is -2.32. The molecule has 2 aromatic rings. The number of nitrogens with zero attached hydrogens (tertiary/aromatic N) is 4. The second-order valence-corrected chi connectivity index (χ2v) is 6.62. The fourth-order valence-corrected chi connectivity index (χ4v) is 3.16. The highest BCUT2D eigenvalue weighted by molar-refractivity contribution is 5.92. The van der Waals surface area contributed by atoms with E-state index in [1.165, 1.54) is 16.8 Å². The number of aryl methyl sites for hydroxylation is 1. The lowest BCUT2D eigenvalue weighted by molar-refractivity contribution is 0.0901. The Balaban J connectivity index is 1.52. The molecule has 0 saturated carbocycles. The van der Waals surface area contributed by atoms with Crippen molar-refractivity contribution >= 4 is 5.91 Å². The van der Waals surface area contributed by atoms with Crippen LogP contribution in [0.15, 0.2) is 41.3 Å². The van der Waals surface area contributed by atoms with E-state index >= 15 is 0 Å². The third kappa shape index (κ3) is 4.76. The summed E-state index contributed by atoms with van der Waals surface area (Å²) in [6.07, 6.45) is 4.40. The Kier molecular flexibility index (Phi) is 6.12. The number of rotatable bonds is 6. The van der Waals surface area contributed by atoms with Crippen molar-refractivity contribution in [3.63, 3.8) is 0 Å². The second kappa shape index (κ2) is 8.71. The highest BCUT2D eigenvalue weighted by Crippen LogP contribution is 2.13. The molecule has 1 amide bonds. The number of carbonyl (C=O) groups is 1. The number of nitrogens with one attached hydrogen (secondary N) is 1. The maximum Gasteiger partial charge on any atom is 0.271 e. The second-order valence-electron chi connectivity index (χ2n) is 6.62. The quantitative estimate of drug-likeness (QED) is 0.848. The number of piperidine rings is 1. The molecule has 0 unspecified atom stereocenters. The lowest BCUT2D eigenvalue weighted by Crippen LogP contribution is -2.44. The van der Waals surface area contributed by atoms with Crippen LogP contribution in [0.3, 0.4) is 0 Å². The predicted molar refractivity (Wildman–Crippen MR) is 98.8 cm³/mol.